The number of rotatable bonds is 1. The van der Waals surface area contributed by atoms with Gasteiger partial charge in [0.15, 0.2) is 0 Å². The van der Waals surface area contributed by atoms with Crippen LogP contribution in [0.4, 0.5) is 22.4 Å². The summed E-state index contributed by atoms with van der Waals surface area (Å²) in [5.41, 5.74) is -1.84. The highest BCUT2D eigenvalue weighted by atomic mass is 19.4. The number of halogens is 4. The molecule has 8 heteroatoms. The van der Waals surface area contributed by atoms with Gasteiger partial charge in [-0.15, -0.1) is 0 Å². The number of nitrogens with zero attached hydrogens (tertiary/aromatic N) is 1. The number of carbonyl (C=O) groups is 1. The molecular formula is C17H21F4NO3. The molecule has 0 aromatic heterocycles. The molecule has 1 aliphatic heterocycles. The fourth-order valence-electron chi connectivity index (χ4n) is 2.80. The normalized spacial score (nSPS) is 22.0. The zero-order chi connectivity index (χ0) is 19.0. The van der Waals surface area contributed by atoms with Crippen molar-refractivity contribution in [1.82, 2.24) is 4.90 Å². The minimum atomic E-state index is -4.80. The molecule has 0 aliphatic carbocycles. The van der Waals surface area contributed by atoms with E-state index in [1.54, 1.807) is 20.8 Å². The van der Waals surface area contributed by atoms with Crippen molar-refractivity contribution in [2.45, 2.75) is 51.0 Å². The Bertz CT molecular complexity index is 640. The van der Waals surface area contributed by atoms with Crippen LogP contribution in [0.15, 0.2) is 18.2 Å². The average molecular weight is 363 g/mol. The molecule has 2 atom stereocenters. The molecule has 1 saturated heterocycles. The lowest BCUT2D eigenvalue weighted by Crippen LogP contribution is -2.47. The second-order valence-corrected chi connectivity index (χ2v) is 7.13. The topological polar surface area (TPSA) is 49.8 Å². The van der Waals surface area contributed by atoms with E-state index in [2.05, 4.69) is 0 Å². The SMILES string of the molecule is CC(C)(C)OC(=O)N1CCC(c2ccc(F)c(C(F)(F)F)c2)C(O)C1. The summed E-state index contributed by atoms with van der Waals surface area (Å²) in [6, 6.07) is 2.72. The Labute approximate surface area is 143 Å². The number of alkyl halides is 3. The number of β-amino-alcohol motifs (C(OH)–C–C–N with tert-alkyl or cyclic N) is 1. The van der Waals surface area contributed by atoms with Crippen molar-refractivity contribution in [1.29, 1.82) is 0 Å². The standard InChI is InChI=1S/C17H21F4NO3/c1-16(2,3)25-15(24)22-7-6-11(14(23)9-22)10-4-5-13(18)12(8-10)17(19,20)21/h4-5,8,11,14,23H,6-7,9H2,1-3H3. The third-order valence-electron chi connectivity index (χ3n) is 3.96. The number of ether oxygens (including phenoxy) is 1. The summed E-state index contributed by atoms with van der Waals surface area (Å²) in [5, 5.41) is 10.3. The zero-order valence-corrected chi connectivity index (χ0v) is 14.2. The van der Waals surface area contributed by atoms with Gasteiger partial charge in [-0.25, -0.2) is 9.18 Å². The molecule has 1 aliphatic rings. The van der Waals surface area contributed by atoms with E-state index >= 15 is 0 Å². The number of benzene rings is 1. The van der Waals surface area contributed by atoms with Gasteiger partial charge in [-0.1, -0.05) is 6.07 Å². The number of aliphatic hydroxyl groups is 1. The van der Waals surface area contributed by atoms with Gasteiger partial charge in [0.1, 0.15) is 11.4 Å². The quantitative estimate of drug-likeness (QED) is 0.769. The molecule has 0 radical (unpaired) electrons. The molecule has 0 saturated carbocycles. The van der Waals surface area contributed by atoms with Gasteiger partial charge < -0.3 is 14.7 Å². The Morgan fingerprint density at radius 2 is 1.92 bits per heavy atom. The number of piperidine rings is 1. The van der Waals surface area contributed by atoms with Crippen LogP contribution in [-0.2, 0) is 10.9 Å². The van der Waals surface area contributed by atoms with Crippen LogP contribution in [0, 0.1) is 5.82 Å². The van der Waals surface area contributed by atoms with E-state index in [9.17, 15) is 27.5 Å². The maximum Gasteiger partial charge on any atom is 0.419 e. The molecule has 0 bridgehead atoms. The van der Waals surface area contributed by atoms with E-state index in [1.165, 1.54) is 11.0 Å². The van der Waals surface area contributed by atoms with Crippen molar-refractivity contribution in [3.63, 3.8) is 0 Å². The van der Waals surface area contributed by atoms with Crippen molar-refractivity contribution in [3.05, 3.63) is 35.1 Å². The van der Waals surface area contributed by atoms with Crippen LogP contribution in [0.1, 0.15) is 44.2 Å². The van der Waals surface area contributed by atoms with E-state index in [4.69, 9.17) is 4.74 Å². The number of aliphatic hydroxyl groups excluding tert-OH is 1. The van der Waals surface area contributed by atoms with Crippen LogP contribution in [0.25, 0.3) is 0 Å². The Morgan fingerprint density at radius 3 is 2.44 bits per heavy atom. The molecule has 1 heterocycles. The summed E-state index contributed by atoms with van der Waals surface area (Å²) in [5.74, 6) is -1.96. The van der Waals surface area contributed by atoms with Gasteiger partial charge in [0.25, 0.3) is 0 Å². The highest BCUT2D eigenvalue weighted by Gasteiger charge is 2.37. The van der Waals surface area contributed by atoms with Crippen LogP contribution >= 0.6 is 0 Å². The average Bonchev–Trinajstić information content (AvgIpc) is 2.45. The number of likely N-dealkylation sites (tertiary alicyclic amines) is 1. The van der Waals surface area contributed by atoms with Crippen molar-refractivity contribution in [3.8, 4) is 0 Å². The molecule has 2 unspecified atom stereocenters. The van der Waals surface area contributed by atoms with Crippen LogP contribution in [-0.4, -0.2) is 40.9 Å². The molecule has 4 nitrogen and oxygen atoms in total. The summed E-state index contributed by atoms with van der Waals surface area (Å²) in [6.45, 7) is 5.31. The smallest absolute Gasteiger partial charge is 0.419 e. The first-order valence-corrected chi connectivity index (χ1v) is 7.91. The van der Waals surface area contributed by atoms with E-state index in [0.717, 1.165) is 12.1 Å². The Morgan fingerprint density at radius 1 is 1.28 bits per heavy atom. The van der Waals surface area contributed by atoms with Gasteiger partial charge in [0.05, 0.1) is 18.2 Å². The molecule has 1 amide bonds. The van der Waals surface area contributed by atoms with E-state index in [0.29, 0.717) is 0 Å². The molecule has 2 rings (SSSR count). The first kappa shape index (κ1) is 19.5. The van der Waals surface area contributed by atoms with E-state index in [-0.39, 0.29) is 25.1 Å². The first-order chi connectivity index (χ1) is 11.4. The molecule has 0 spiro atoms. The minimum absolute atomic E-state index is 0.0572. The lowest BCUT2D eigenvalue weighted by atomic mass is 9.86. The van der Waals surface area contributed by atoms with Crippen LogP contribution in [0.3, 0.4) is 0 Å². The second kappa shape index (κ2) is 6.82. The summed E-state index contributed by atoms with van der Waals surface area (Å²) in [6.07, 6.45) is -6.20. The third-order valence-corrected chi connectivity index (χ3v) is 3.96. The van der Waals surface area contributed by atoms with E-state index in [1.807, 2.05) is 0 Å². The van der Waals surface area contributed by atoms with Gasteiger partial charge in [-0.3, -0.25) is 0 Å². The largest absolute Gasteiger partial charge is 0.444 e. The first-order valence-electron chi connectivity index (χ1n) is 7.91. The van der Waals surface area contributed by atoms with Crippen molar-refractivity contribution in [2.24, 2.45) is 0 Å². The lowest BCUT2D eigenvalue weighted by Gasteiger charge is -2.37. The maximum absolute atomic E-state index is 13.4. The highest BCUT2D eigenvalue weighted by Crippen LogP contribution is 2.36. The van der Waals surface area contributed by atoms with Crippen molar-refractivity contribution >= 4 is 6.09 Å². The zero-order valence-electron chi connectivity index (χ0n) is 14.2. The summed E-state index contributed by atoms with van der Waals surface area (Å²) >= 11 is 0. The third kappa shape index (κ3) is 4.84. The molecule has 1 aromatic carbocycles. The number of hydrogen-bond donors (Lipinski definition) is 1. The molecular weight excluding hydrogens is 342 g/mol. The number of hydrogen-bond acceptors (Lipinski definition) is 3. The molecule has 25 heavy (non-hydrogen) atoms. The molecule has 1 fully saturated rings. The van der Waals surface area contributed by atoms with Gasteiger partial charge in [-0.2, -0.15) is 13.2 Å². The fourth-order valence-corrected chi connectivity index (χ4v) is 2.80. The fraction of sp³-hybridized carbons (Fsp3) is 0.588. The van der Waals surface area contributed by atoms with Crippen molar-refractivity contribution < 1.29 is 32.2 Å². The highest BCUT2D eigenvalue weighted by molar-refractivity contribution is 5.68. The van der Waals surface area contributed by atoms with Gasteiger partial charge in [0.2, 0.25) is 0 Å². The lowest BCUT2D eigenvalue weighted by molar-refractivity contribution is -0.140. The molecule has 1 aromatic rings. The Kier molecular flexibility index (Phi) is 5.32. The predicted molar refractivity (Wildman–Crippen MR) is 82.6 cm³/mol. The van der Waals surface area contributed by atoms with Gasteiger partial charge in [0, 0.05) is 12.5 Å². The summed E-state index contributed by atoms with van der Waals surface area (Å²) in [7, 11) is 0. The van der Waals surface area contributed by atoms with E-state index < -0.39 is 41.3 Å². The van der Waals surface area contributed by atoms with Crippen LogP contribution in [0.2, 0.25) is 0 Å². The monoisotopic (exact) mass is 363 g/mol. The Balaban J connectivity index is 2.13. The summed E-state index contributed by atoms with van der Waals surface area (Å²) in [4.78, 5) is 13.3. The molecule has 140 valence electrons. The van der Waals surface area contributed by atoms with Crippen LogP contribution in [0.5, 0.6) is 0 Å². The summed E-state index contributed by atoms with van der Waals surface area (Å²) < 4.78 is 57.2. The maximum atomic E-state index is 13.4. The van der Waals surface area contributed by atoms with Gasteiger partial charge >= 0.3 is 12.3 Å². The minimum Gasteiger partial charge on any atom is -0.444 e. The Hall–Kier alpha value is -1.83. The number of carbonyl (C=O) groups excluding carboxylic acids is 1. The second-order valence-electron chi connectivity index (χ2n) is 7.13. The van der Waals surface area contributed by atoms with Crippen LogP contribution < -0.4 is 0 Å². The molecule has 1 N–H and O–H groups in total. The number of amides is 1. The van der Waals surface area contributed by atoms with Crippen molar-refractivity contribution in [2.75, 3.05) is 13.1 Å². The predicted octanol–water partition coefficient (Wildman–Crippen LogP) is 3.93. The van der Waals surface area contributed by atoms with Gasteiger partial charge in [-0.05, 0) is 44.9 Å².